The van der Waals surface area contributed by atoms with Crippen LogP contribution in [0.4, 0.5) is 0 Å². The molecule has 110 valence electrons. The Morgan fingerprint density at radius 1 is 1.42 bits per heavy atom. The molecule has 0 aromatic rings. The van der Waals surface area contributed by atoms with E-state index in [4.69, 9.17) is 4.74 Å². The summed E-state index contributed by atoms with van der Waals surface area (Å²) in [5, 5.41) is 5.87. The van der Waals surface area contributed by atoms with E-state index < -0.39 is 0 Å². The molecule has 0 spiro atoms. The molecule has 0 aromatic heterocycles. The van der Waals surface area contributed by atoms with Crippen molar-refractivity contribution in [3.8, 4) is 0 Å². The first-order valence-corrected chi connectivity index (χ1v) is 6.70. The van der Waals surface area contributed by atoms with Crippen molar-refractivity contribution in [1.82, 2.24) is 15.5 Å². The molecule has 1 aliphatic rings. The number of hydrogen-bond donors (Lipinski definition) is 2. The summed E-state index contributed by atoms with van der Waals surface area (Å²) in [7, 11) is 3.36. The largest absolute Gasteiger partial charge is 0.383 e. The molecule has 0 aliphatic carbocycles. The lowest BCUT2D eigenvalue weighted by Crippen LogP contribution is -2.45. The van der Waals surface area contributed by atoms with E-state index in [-0.39, 0.29) is 12.5 Å². The Bertz CT molecular complexity index is 329. The predicted molar refractivity (Wildman–Crippen MR) is 76.2 cm³/mol. The van der Waals surface area contributed by atoms with E-state index in [1.54, 1.807) is 14.2 Å². The zero-order valence-corrected chi connectivity index (χ0v) is 12.5. The molecule has 6 nitrogen and oxygen atoms in total. The van der Waals surface area contributed by atoms with Crippen molar-refractivity contribution in [3.05, 3.63) is 0 Å². The molecular weight excluding hydrogens is 244 g/mol. The average Bonchev–Trinajstić information content (AvgIpc) is 2.71. The van der Waals surface area contributed by atoms with Crippen LogP contribution in [0.25, 0.3) is 0 Å². The van der Waals surface area contributed by atoms with Gasteiger partial charge in [-0.1, -0.05) is 13.8 Å². The van der Waals surface area contributed by atoms with Gasteiger partial charge in [0.2, 0.25) is 5.91 Å². The number of carbonyl (C=O) groups excluding carboxylic acids is 1. The molecule has 0 unspecified atom stereocenters. The fourth-order valence-corrected chi connectivity index (χ4v) is 2.14. The van der Waals surface area contributed by atoms with Crippen LogP contribution in [-0.4, -0.2) is 63.7 Å². The van der Waals surface area contributed by atoms with Gasteiger partial charge in [-0.15, -0.1) is 0 Å². The molecule has 1 aliphatic heterocycles. The van der Waals surface area contributed by atoms with Crippen molar-refractivity contribution in [2.45, 2.75) is 20.3 Å². The predicted octanol–water partition coefficient (Wildman–Crippen LogP) is 0.0563. The number of nitrogens with one attached hydrogen (secondary N) is 2. The van der Waals surface area contributed by atoms with E-state index in [0.717, 1.165) is 25.5 Å². The van der Waals surface area contributed by atoms with Gasteiger partial charge in [-0.05, 0) is 11.8 Å². The number of ether oxygens (including phenoxy) is 1. The zero-order valence-electron chi connectivity index (χ0n) is 12.5. The molecule has 1 rings (SSSR count). The Hall–Kier alpha value is -1.30. The minimum absolute atomic E-state index is 0.0448. The van der Waals surface area contributed by atoms with Gasteiger partial charge >= 0.3 is 0 Å². The Labute approximate surface area is 115 Å². The summed E-state index contributed by atoms with van der Waals surface area (Å²) in [5.74, 6) is 0.754. The second-order valence-corrected chi connectivity index (χ2v) is 5.58. The molecule has 1 amide bonds. The number of amides is 1. The Kier molecular flexibility index (Phi) is 6.08. The molecule has 0 saturated carbocycles. The van der Waals surface area contributed by atoms with Gasteiger partial charge in [-0.3, -0.25) is 9.79 Å². The van der Waals surface area contributed by atoms with E-state index in [9.17, 15) is 4.79 Å². The maximum atomic E-state index is 11.6. The van der Waals surface area contributed by atoms with E-state index in [1.165, 1.54) is 0 Å². The third-order valence-corrected chi connectivity index (χ3v) is 3.22. The number of rotatable bonds is 5. The van der Waals surface area contributed by atoms with Crippen LogP contribution in [0.15, 0.2) is 4.99 Å². The van der Waals surface area contributed by atoms with E-state index in [0.29, 0.717) is 18.6 Å². The molecule has 0 radical (unpaired) electrons. The lowest BCUT2D eigenvalue weighted by molar-refractivity contribution is -0.120. The minimum Gasteiger partial charge on any atom is -0.383 e. The molecule has 1 saturated heterocycles. The fraction of sp³-hybridized carbons (Fsp3) is 0.846. The summed E-state index contributed by atoms with van der Waals surface area (Å²) >= 11 is 0. The fourth-order valence-electron chi connectivity index (χ4n) is 2.14. The number of methoxy groups -OCH3 is 1. The molecule has 6 heteroatoms. The van der Waals surface area contributed by atoms with E-state index >= 15 is 0 Å². The number of hydrogen-bond acceptors (Lipinski definition) is 3. The van der Waals surface area contributed by atoms with E-state index in [2.05, 4.69) is 34.4 Å². The molecule has 0 bridgehead atoms. The van der Waals surface area contributed by atoms with Crippen LogP contribution in [-0.2, 0) is 9.53 Å². The van der Waals surface area contributed by atoms with Gasteiger partial charge in [0.1, 0.15) is 0 Å². The van der Waals surface area contributed by atoms with Crippen LogP contribution in [0, 0.1) is 5.41 Å². The quantitative estimate of drug-likeness (QED) is 0.421. The van der Waals surface area contributed by atoms with Gasteiger partial charge in [0.25, 0.3) is 0 Å². The van der Waals surface area contributed by atoms with Crippen LogP contribution in [0.5, 0.6) is 0 Å². The summed E-state index contributed by atoms with van der Waals surface area (Å²) in [5.41, 5.74) is 0.318. The molecule has 0 atom stereocenters. The van der Waals surface area contributed by atoms with Crippen molar-refractivity contribution >= 4 is 11.9 Å². The lowest BCUT2D eigenvalue weighted by Gasteiger charge is -2.23. The topological polar surface area (TPSA) is 66.0 Å². The van der Waals surface area contributed by atoms with E-state index in [1.807, 2.05) is 0 Å². The van der Waals surface area contributed by atoms with Crippen LogP contribution in [0.1, 0.15) is 20.3 Å². The number of guanidine groups is 1. The third-order valence-electron chi connectivity index (χ3n) is 3.22. The minimum atomic E-state index is -0.0448. The summed E-state index contributed by atoms with van der Waals surface area (Å²) in [6, 6.07) is 0. The first-order valence-electron chi connectivity index (χ1n) is 6.70. The zero-order chi connectivity index (χ0) is 14.3. The normalized spacial score (nSPS) is 18.5. The first-order chi connectivity index (χ1) is 8.98. The highest BCUT2D eigenvalue weighted by Gasteiger charge is 2.30. The smallest absolute Gasteiger partial charge is 0.239 e. The maximum absolute atomic E-state index is 11.6. The summed E-state index contributed by atoms with van der Waals surface area (Å²) in [6.45, 7) is 7.76. The van der Waals surface area contributed by atoms with Gasteiger partial charge in [-0.25, -0.2) is 0 Å². The van der Waals surface area contributed by atoms with Gasteiger partial charge in [0.05, 0.1) is 13.2 Å². The van der Waals surface area contributed by atoms with Crippen molar-refractivity contribution in [1.29, 1.82) is 0 Å². The van der Waals surface area contributed by atoms with Crippen LogP contribution >= 0.6 is 0 Å². The third kappa shape index (κ3) is 5.46. The van der Waals surface area contributed by atoms with Crippen molar-refractivity contribution < 1.29 is 9.53 Å². The highest BCUT2D eigenvalue weighted by atomic mass is 16.5. The molecule has 19 heavy (non-hydrogen) atoms. The van der Waals surface area contributed by atoms with Gasteiger partial charge in [0, 0.05) is 33.8 Å². The monoisotopic (exact) mass is 270 g/mol. The molecule has 1 fully saturated rings. The van der Waals surface area contributed by atoms with Crippen LogP contribution in [0.2, 0.25) is 0 Å². The number of aliphatic imine (C=N–C) groups is 1. The molecule has 0 aromatic carbocycles. The van der Waals surface area contributed by atoms with Crippen molar-refractivity contribution in [2.24, 2.45) is 10.4 Å². The molecular formula is C13H26N4O2. The average molecular weight is 270 g/mol. The van der Waals surface area contributed by atoms with Crippen molar-refractivity contribution in [2.75, 3.05) is 46.9 Å². The Morgan fingerprint density at radius 3 is 2.68 bits per heavy atom. The van der Waals surface area contributed by atoms with Crippen LogP contribution in [0.3, 0.4) is 0 Å². The number of carbonyl (C=O) groups is 1. The van der Waals surface area contributed by atoms with Gasteiger partial charge in [0.15, 0.2) is 5.96 Å². The highest BCUT2D eigenvalue weighted by molar-refractivity contribution is 5.86. The Balaban J connectivity index is 2.32. The van der Waals surface area contributed by atoms with Crippen LogP contribution < -0.4 is 10.6 Å². The second-order valence-electron chi connectivity index (χ2n) is 5.58. The van der Waals surface area contributed by atoms with Gasteiger partial charge in [-0.2, -0.15) is 0 Å². The molecule has 1 heterocycles. The maximum Gasteiger partial charge on any atom is 0.239 e. The molecule has 2 N–H and O–H groups in total. The number of likely N-dealkylation sites (tertiary alicyclic amines) is 1. The second kappa shape index (κ2) is 7.33. The highest BCUT2D eigenvalue weighted by Crippen LogP contribution is 2.28. The summed E-state index contributed by atoms with van der Waals surface area (Å²) < 4.78 is 4.88. The first kappa shape index (κ1) is 15.8. The Morgan fingerprint density at radius 2 is 2.16 bits per heavy atom. The van der Waals surface area contributed by atoms with Crippen molar-refractivity contribution in [3.63, 3.8) is 0 Å². The number of nitrogens with zero attached hydrogens (tertiary/aromatic N) is 2. The SMILES string of the molecule is CN=C(NCC(=O)NCCOC)N1CCC(C)(C)C1. The summed E-state index contributed by atoms with van der Waals surface area (Å²) in [4.78, 5) is 18.0. The van der Waals surface area contributed by atoms with Gasteiger partial charge < -0.3 is 20.3 Å². The standard InChI is InChI=1S/C13H26N4O2/c1-13(2)5-7-17(10-13)12(14-3)16-9-11(18)15-6-8-19-4/h5-10H2,1-4H3,(H,14,16)(H,15,18). The summed E-state index contributed by atoms with van der Waals surface area (Å²) in [6.07, 6.45) is 1.15. The lowest BCUT2D eigenvalue weighted by atomic mass is 9.93.